The topological polar surface area (TPSA) is 38.3 Å². The number of ether oxygens (including phenoxy) is 1. The van der Waals surface area contributed by atoms with Crippen molar-refractivity contribution < 1.29 is 9.53 Å². The second kappa shape index (κ2) is 8.99. The Bertz CT molecular complexity index is 646. The van der Waals surface area contributed by atoms with E-state index in [0.29, 0.717) is 6.61 Å². The molecule has 2 aromatic rings. The van der Waals surface area contributed by atoms with Crippen LogP contribution in [0.5, 0.6) is 5.75 Å². The van der Waals surface area contributed by atoms with Gasteiger partial charge in [0.2, 0.25) is 5.91 Å². The highest BCUT2D eigenvalue weighted by atomic mass is 79.9. The molecule has 1 atom stereocenters. The third-order valence-corrected chi connectivity index (χ3v) is 4.83. The van der Waals surface area contributed by atoms with E-state index in [1.165, 1.54) is 0 Å². The predicted octanol–water partition coefficient (Wildman–Crippen LogP) is 4.90. The van der Waals surface area contributed by atoms with Gasteiger partial charge in [0.05, 0.1) is 11.9 Å². The van der Waals surface area contributed by atoms with Gasteiger partial charge in [-0.2, -0.15) is 0 Å². The number of rotatable bonds is 7. The summed E-state index contributed by atoms with van der Waals surface area (Å²) < 4.78 is 6.68. The molecule has 0 aliphatic carbocycles. The number of carbonyl (C=O) groups is 1. The zero-order valence-electron chi connectivity index (χ0n) is 13.2. The maximum absolute atomic E-state index is 12.1. The van der Waals surface area contributed by atoms with Crippen molar-refractivity contribution >= 4 is 39.3 Å². The Morgan fingerprint density at radius 1 is 1.26 bits per heavy atom. The third-order valence-electron chi connectivity index (χ3n) is 3.19. The van der Waals surface area contributed by atoms with E-state index in [0.717, 1.165) is 27.2 Å². The van der Waals surface area contributed by atoms with Crippen LogP contribution < -0.4 is 10.1 Å². The molecule has 1 unspecified atom stereocenters. The Balaban J connectivity index is 1.70. The van der Waals surface area contributed by atoms with E-state index >= 15 is 0 Å². The molecule has 5 heteroatoms. The van der Waals surface area contributed by atoms with Crippen molar-refractivity contribution in [2.45, 2.75) is 19.1 Å². The highest BCUT2D eigenvalue weighted by Gasteiger charge is 2.13. The van der Waals surface area contributed by atoms with Crippen LogP contribution in [0.1, 0.15) is 12.5 Å². The van der Waals surface area contributed by atoms with Crippen molar-refractivity contribution in [2.24, 2.45) is 0 Å². The number of hydrogen-bond acceptors (Lipinski definition) is 3. The van der Waals surface area contributed by atoms with Gasteiger partial charge in [0, 0.05) is 15.9 Å². The summed E-state index contributed by atoms with van der Waals surface area (Å²) >= 11 is 4.97. The summed E-state index contributed by atoms with van der Waals surface area (Å²) in [5.41, 5.74) is 1.97. The largest absolute Gasteiger partial charge is 0.493 e. The maximum atomic E-state index is 12.1. The van der Waals surface area contributed by atoms with Crippen molar-refractivity contribution in [3.63, 3.8) is 0 Å². The normalized spacial score (nSPS) is 11.8. The molecule has 0 radical (unpaired) electrons. The fourth-order valence-corrected chi connectivity index (χ4v) is 2.97. The third kappa shape index (κ3) is 6.28. The minimum Gasteiger partial charge on any atom is -0.493 e. The van der Waals surface area contributed by atoms with Gasteiger partial charge in [0.1, 0.15) is 5.75 Å². The van der Waals surface area contributed by atoms with Crippen LogP contribution in [0, 0.1) is 6.92 Å². The zero-order chi connectivity index (χ0) is 16.7. The number of hydrogen-bond donors (Lipinski definition) is 1. The van der Waals surface area contributed by atoms with Crippen LogP contribution in [-0.2, 0) is 4.79 Å². The fourth-order valence-electron chi connectivity index (χ4n) is 1.96. The number of nitrogens with one attached hydrogen (secondary N) is 1. The summed E-state index contributed by atoms with van der Waals surface area (Å²) in [6, 6.07) is 15.5. The summed E-state index contributed by atoms with van der Waals surface area (Å²) in [4.78, 5) is 12.1. The lowest BCUT2D eigenvalue weighted by molar-refractivity contribution is -0.115. The van der Waals surface area contributed by atoms with Crippen molar-refractivity contribution in [1.82, 2.24) is 0 Å². The Morgan fingerprint density at radius 2 is 2.00 bits per heavy atom. The van der Waals surface area contributed by atoms with Crippen LogP contribution in [-0.4, -0.2) is 23.5 Å². The second-order valence-electron chi connectivity index (χ2n) is 5.17. The SMILES string of the molecule is Cc1cccc(NC(=O)C(C)SCCOc2ccc(Br)cc2)c1. The van der Waals surface area contributed by atoms with Crippen LogP contribution in [0.2, 0.25) is 0 Å². The molecule has 23 heavy (non-hydrogen) atoms. The molecule has 1 amide bonds. The standard InChI is InChI=1S/C18H20BrNO2S/c1-13-4-3-5-16(12-13)20-18(21)14(2)23-11-10-22-17-8-6-15(19)7-9-17/h3-9,12,14H,10-11H2,1-2H3,(H,20,21). The lowest BCUT2D eigenvalue weighted by Crippen LogP contribution is -2.23. The van der Waals surface area contributed by atoms with Gasteiger partial charge in [-0.25, -0.2) is 0 Å². The van der Waals surface area contributed by atoms with Gasteiger partial charge in [-0.05, 0) is 55.8 Å². The molecule has 1 N–H and O–H groups in total. The Morgan fingerprint density at radius 3 is 2.70 bits per heavy atom. The maximum Gasteiger partial charge on any atom is 0.237 e. The highest BCUT2D eigenvalue weighted by molar-refractivity contribution is 9.10. The van der Waals surface area contributed by atoms with E-state index in [-0.39, 0.29) is 11.2 Å². The lowest BCUT2D eigenvalue weighted by atomic mass is 10.2. The lowest BCUT2D eigenvalue weighted by Gasteiger charge is -2.13. The first-order valence-electron chi connectivity index (χ1n) is 7.42. The number of anilines is 1. The van der Waals surface area contributed by atoms with Gasteiger partial charge in [-0.15, -0.1) is 11.8 Å². The molecule has 0 aliphatic rings. The van der Waals surface area contributed by atoms with Gasteiger partial charge in [0.15, 0.2) is 0 Å². The van der Waals surface area contributed by atoms with Crippen LogP contribution in [0.3, 0.4) is 0 Å². The molecule has 0 spiro atoms. The molecule has 0 aliphatic heterocycles. The summed E-state index contributed by atoms with van der Waals surface area (Å²) in [5.74, 6) is 1.62. The first-order valence-corrected chi connectivity index (χ1v) is 9.26. The molecular weight excluding hydrogens is 374 g/mol. The second-order valence-corrected chi connectivity index (χ2v) is 7.54. The monoisotopic (exact) mass is 393 g/mol. The molecule has 2 rings (SSSR count). The van der Waals surface area contributed by atoms with Gasteiger partial charge < -0.3 is 10.1 Å². The first-order chi connectivity index (χ1) is 11.0. The van der Waals surface area contributed by atoms with Gasteiger partial charge in [-0.1, -0.05) is 28.1 Å². The van der Waals surface area contributed by atoms with E-state index in [1.54, 1.807) is 11.8 Å². The zero-order valence-corrected chi connectivity index (χ0v) is 15.6. The molecule has 0 fully saturated rings. The average Bonchev–Trinajstić information content (AvgIpc) is 2.53. The Labute approximate surface area is 149 Å². The predicted molar refractivity (Wildman–Crippen MR) is 101 cm³/mol. The van der Waals surface area contributed by atoms with E-state index in [4.69, 9.17) is 4.74 Å². The molecule has 3 nitrogen and oxygen atoms in total. The van der Waals surface area contributed by atoms with E-state index in [2.05, 4.69) is 21.2 Å². The summed E-state index contributed by atoms with van der Waals surface area (Å²) in [6.45, 7) is 4.50. The summed E-state index contributed by atoms with van der Waals surface area (Å²) in [7, 11) is 0. The number of amides is 1. The fraction of sp³-hybridized carbons (Fsp3) is 0.278. The Hall–Kier alpha value is -1.46. The van der Waals surface area contributed by atoms with Crippen LogP contribution >= 0.6 is 27.7 Å². The number of halogens is 1. The molecule has 0 saturated heterocycles. The number of thioether (sulfide) groups is 1. The summed E-state index contributed by atoms with van der Waals surface area (Å²) in [6.07, 6.45) is 0. The molecule has 2 aromatic carbocycles. The van der Waals surface area contributed by atoms with Crippen LogP contribution in [0.4, 0.5) is 5.69 Å². The Kier molecular flexibility index (Phi) is 6.99. The van der Waals surface area contributed by atoms with E-state index < -0.39 is 0 Å². The molecular formula is C18H20BrNO2S. The quantitative estimate of drug-likeness (QED) is 0.679. The van der Waals surface area contributed by atoms with Crippen molar-refractivity contribution in [2.75, 3.05) is 17.7 Å². The molecule has 0 saturated carbocycles. The minimum absolute atomic E-state index is 0.0178. The molecule has 0 heterocycles. The number of benzene rings is 2. The summed E-state index contributed by atoms with van der Waals surface area (Å²) in [5, 5.41) is 2.82. The van der Waals surface area contributed by atoms with Gasteiger partial charge in [0.25, 0.3) is 0 Å². The van der Waals surface area contributed by atoms with Crippen LogP contribution in [0.25, 0.3) is 0 Å². The van der Waals surface area contributed by atoms with Crippen molar-refractivity contribution in [3.8, 4) is 5.75 Å². The highest BCUT2D eigenvalue weighted by Crippen LogP contribution is 2.18. The number of carbonyl (C=O) groups excluding carboxylic acids is 1. The average molecular weight is 394 g/mol. The van der Waals surface area contributed by atoms with Crippen LogP contribution in [0.15, 0.2) is 53.0 Å². The van der Waals surface area contributed by atoms with E-state index in [9.17, 15) is 4.79 Å². The van der Waals surface area contributed by atoms with Crippen molar-refractivity contribution in [1.29, 1.82) is 0 Å². The smallest absolute Gasteiger partial charge is 0.237 e. The minimum atomic E-state index is -0.121. The molecule has 122 valence electrons. The van der Waals surface area contributed by atoms with Gasteiger partial charge in [-0.3, -0.25) is 4.79 Å². The van der Waals surface area contributed by atoms with Crippen molar-refractivity contribution in [3.05, 3.63) is 58.6 Å². The van der Waals surface area contributed by atoms with E-state index in [1.807, 2.05) is 62.4 Å². The molecule has 0 bridgehead atoms. The number of aryl methyl sites for hydroxylation is 1. The first kappa shape index (κ1) is 17.9. The molecule has 0 aromatic heterocycles. The van der Waals surface area contributed by atoms with Gasteiger partial charge >= 0.3 is 0 Å².